The second-order valence-corrected chi connectivity index (χ2v) is 5.70. The normalized spacial score (nSPS) is 23.0. The van der Waals surface area contributed by atoms with Crippen molar-refractivity contribution in [1.82, 2.24) is 10.2 Å². The van der Waals surface area contributed by atoms with E-state index in [4.69, 9.17) is 5.11 Å². The first kappa shape index (κ1) is 16.0. The van der Waals surface area contributed by atoms with Gasteiger partial charge in [0, 0.05) is 12.6 Å². The zero-order valence-corrected chi connectivity index (χ0v) is 12.2. The molecule has 1 fully saturated rings. The first-order valence-electron chi connectivity index (χ1n) is 7.14. The second kappa shape index (κ2) is 7.48. The highest BCUT2D eigenvalue weighted by Crippen LogP contribution is 2.31. The first-order valence-corrected chi connectivity index (χ1v) is 7.14. The predicted molar refractivity (Wildman–Crippen MR) is 73.9 cm³/mol. The lowest BCUT2D eigenvalue weighted by Gasteiger charge is -2.21. The van der Waals surface area contributed by atoms with Crippen molar-refractivity contribution in [2.45, 2.75) is 45.6 Å². The minimum atomic E-state index is -0.836. The zero-order chi connectivity index (χ0) is 14.4. The number of hydrogen-bond donors (Lipinski definition) is 2. The van der Waals surface area contributed by atoms with Gasteiger partial charge in [-0.3, -0.25) is 9.59 Å². The molecule has 5 nitrogen and oxygen atoms in total. The van der Waals surface area contributed by atoms with Crippen molar-refractivity contribution < 1.29 is 14.7 Å². The number of carbonyl (C=O) groups excluding carboxylic acids is 1. The fourth-order valence-corrected chi connectivity index (χ4v) is 2.50. The maximum absolute atomic E-state index is 12.0. The van der Waals surface area contributed by atoms with E-state index in [1.54, 1.807) is 0 Å². The predicted octanol–water partition coefficient (Wildman–Crippen LogP) is 1.33. The van der Waals surface area contributed by atoms with Crippen LogP contribution in [0, 0.1) is 11.8 Å². The lowest BCUT2D eigenvalue weighted by atomic mass is 9.95. The molecule has 0 aromatic heterocycles. The van der Waals surface area contributed by atoms with Gasteiger partial charge in [-0.15, -0.1) is 0 Å². The zero-order valence-electron chi connectivity index (χ0n) is 12.2. The van der Waals surface area contributed by atoms with Crippen molar-refractivity contribution in [3.8, 4) is 0 Å². The van der Waals surface area contributed by atoms with Crippen molar-refractivity contribution in [1.29, 1.82) is 0 Å². The molecule has 2 N–H and O–H groups in total. The molecule has 0 aromatic rings. The molecule has 0 aromatic carbocycles. The number of carboxylic acids is 1. The molecule has 0 unspecified atom stereocenters. The highest BCUT2D eigenvalue weighted by molar-refractivity contribution is 5.85. The van der Waals surface area contributed by atoms with Crippen LogP contribution in [0.15, 0.2) is 0 Å². The molecule has 0 bridgehead atoms. The summed E-state index contributed by atoms with van der Waals surface area (Å²) in [6, 6.07) is 0.502. The molecule has 0 radical (unpaired) electrons. The molecule has 0 heterocycles. The van der Waals surface area contributed by atoms with Crippen molar-refractivity contribution in [3.63, 3.8) is 0 Å². The Morgan fingerprint density at radius 3 is 2.53 bits per heavy atom. The van der Waals surface area contributed by atoms with Gasteiger partial charge >= 0.3 is 5.97 Å². The van der Waals surface area contributed by atoms with Crippen LogP contribution in [0.5, 0.6) is 0 Å². The molecule has 2 atom stereocenters. The standard InChI is InChI=1S/C14H26N2O3/c1-10(2)16(3)9-5-8-15-13(17)11-6-4-7-12(11)14(18)19/h10-12H,4-9H2,1-3H3,(H,15,17)(H,18,19)/t11-,12+/m1/s1. The van der Waals surface area contributed by atoms with E-state index in [0.29, 0.717) is 25.4 Å². The maximum Gasteiger partial charge on any atom is 0.307 e. The summed E-state index contributed by atoms with van der Waals surface area (Å²) < 4.78 is 0. The molecule has 0 aliphatic heterocycles. The molecule has 19 heavy (non-hydrogen) atoms. The number of rotatable bonds is 7. The van der Waals surface area contributed by atoms with Crippen molar-refractivity contribution in [2.75, 3.05) is 20.1 Å². The van der Waals surface area contributed by atoms with E-state index in [2.05, 4.69) is 31.1 Å². The Morgan fingerprint density at radius 2 is 1.95 bits per heavy atom. The van der Waals surface area contributed by atoms with E-state index < -0.39 is 11.9 Å². The van der Waals surface area contributed by atoms with Crippen molar-refractivity contribution in [3.05, 3.63) is 0 Å². The third-order valence-electron chi connectivity index (χ3n) is 4.04. The number of nitrogens with zero attached hydrogens (tertiary/aromatic N) is 1. The monoisotopic (exact) mass is 270 g/mol. The van der Waals surface area contributed by atoms with Gasteiger partial charge < -0.3 is 15.3 Å². The maximum atomic E-state index is 12.0. The Morgan fingerprint density at radius 1 is 1.32 bits per heavy atom. The average molecular weight is 270 g/mol. The highest BCUT2D eigenvalue weighted by atomic mass is 16.4. The number of nitrogens with one attached hydrogen (secondary N) is 1. The topological polar surface area (TPSA) is 69.6 Å². The van der Waals surface area contributed by atoms with Crippen molar-refractivity contribution >= 4 is 11.9 Å². The van der Waals surface area contributed by atoms with Gasteiger partial charge in [-0.25, -0.2) is 0 Å². The molecule has 1 aliphatic carbocycles. The van der Waals surface area contributed by atoms with Gasteiger partial charge in [0.2, 0.25) is 5.91 Å². The third kappa shape index (κ3) is 4.82. The first-order chi connectivity index (χ1) is 8.93. The summed E-state index contributed by atoms with van der Waals surface area (Å²) in [6.45, 7) is 5.83. The van der Waals surface area contributed by atoms with E-state index in [1.807, 2.05) is 0 Å². The van der Waals surface area contributed by atoms with E-state index in [9.17, 15) is 9.59 Å². The Labute approximate surface area is 115 Å². The molecule has 110 valence electrons. The van der Waals surface area contributed by atoms with Crippen LogP contribution >= 0.6 is 0 Å². The molecular formula is C14H26N2O3. The summed E-state index contributed by atoms with van der Waals surface area (Å²) in [5.41, 5.74) is 0. The van der Waals surface area contributed by atoms with Gasteiger partial charge in [0.25, 0.3) is 0 Å². The van der Waals surface area contributed by atoms with Crippen LogP contribution in [-0.4, -0.2) is 48.1 Å². The summed E-state index contributed by atoms with van der Waals surface area (Å²) in [7, 11) is 2.06. The Hall–Kier alpha value is -1.10. The second-order valence-electron chi connectivity index (χ2n) is 5.70. The number of carboxylic acid groups (broad SMARTS) is 1. The number of amides is 1. The third-order valence-corrected chi connectivity index (χ3v) is 4.04. The van der Waals surface area contributed by atoms with Gasteiger partial charge in [-0.2, -0.15) is 0 Å². The van der Waals surface area contributed by atoms with Crippen LogP contribution in [0.4, 0.5) is 0 Å². The molecular weight excluding hydrogens is 244 g/mol. The van der Waals surface area contributed by atoms with Crippen LogP contribution in [-0.2, 0) is 9.59 Å². The molecule has 1 rings (SSSR count). The molecule has 1 amide bonds. The van der Waals surface area contributed by atoms with Gasteiger partial charge in [0.15, 0.2) is 0 Å². The summed E-state index contributed by atoms with van der Waals surface area (Å²) in [4.78, 5) is 25.2. The highest BCUT2D eigenvalue weighted by Gasteiger charge is 2.37. The summed E-state index contributed by atoms with van der Waals surface area (Å²) in [5.74, 6) is -1.74. The smallest absolute Gasteiger partial charge is 0.307 e. The summed E-state index contributed by atoms with van der Waals surface area (Å²) >= 11 is 0. The van der Waals surface area contributed by atoms with E-state index in [-0.39, 0.29) is 11.8 Å². The average Bonchev–Trinajstić information content (AvgIpc) is 2.83. The van der Waals surface area contributed by atoms with E-state index in [0.717, 1.165) is 19.4 Å². The molecule has 1 saturated carbocycles. The van der Waals surface area contributed by atoms with Gasteiger partial charge in [-0.05, 0) is 46.7 Å². The van der Waals surface area contributed by atoms with E-state index >= 15 is 0 Å². The van der Waals surface area contributed by atoms with Crippen LogP contribution in [0.25, 0.3) is 0 Å². The lowest BCUT2D eigenvalue weighted by molar-refractivity contribution is -0.146. The quantitative estimate of drug-likeness (QED) is 0.685. The minimum absolute atomic E-state index is 0.0860. The Bertz CT molecular complexity index is 318. The number of hydrogen-bond acceptors (Lipinski definition) is 3. The molecule has 5 heteroatoms. The SMILES string of the molecule is CC(C)N(C)CCCNC(=O)[C@@H]1CCC[C@@H]1C(=O)O. The van der Waals surface area contributed by atoms with Crippen LogP contribution in [0.2, 0.25) is 0 Å². The molecule has 1 aliphatic rings. The summed E-state index contributed by atoms with van der Waals surface area (Å²) in [5, 5.41) is 11.9. The fraction of sp³-hybridized carbons (Fsp3) is 0.857. The largest absolute Gasteiger partial charge is 0.481 e. The Kier molecular flexibility index (Phi) is 6.28. The van der Waals surface area contributed by atoms with Crippen LogP contribution in [0.3, 0.4) is 0 Å². The van der Waals surface area contributed by atoms with Crippen LogP contribution in [0.1, 0.15) is 39.5 Å². The van der Waals surface area contributed by atoms with Gasteiger partial charge in [0.1, 0.15) is 0 Å². The van der Waals surface area contributed by atoms with Gasteiger partial charge in [-0.1, -0.05) is 6.42 Å². The van der Waals surface area contributed by atoms with Crippen molar-refractivity contribution in [2.24, 2.45) is 11.8 Å². The molecule has 0 saturated heterocycles. The van der Waals surface area contributed by atoms with E-state index in [1.165, 1.54) is 0 Å². The fourth-order valence-electron chi connectivity index (χ4n) is 2.50. The Balaban J connectivity index is 2.26. The van der Waals surface area contributed by atoms with Crippen LogP contribution < -0.4 is 5.32 Å². The minimum Gasteiger partial charge on any atom is -0.481 e. The number of carbonyl (C=O) groups is 2. The van der Waals surface area contributed by atoms with Gasteiger partial charge in [0.05, 0.1) is 11.8 Å². The number of aliphatic carboxylic acids is 1. The summed E-state index contributed by atoms with van der Waals surface area (Å²) in [6.07, 6.45) is 3.06. The molecule has 0 spiro atoms. The lowest BCUT2D eigenvalue weighted by Crippen LogP contribution is -2.37.